The molecule has 0 radical (unpaired) electrons. The molecule has 5 nitrogen and oxygen atoms in total. The van der Waals surface area contributed by atoms with E-state index in [1.54, 1.807) is 0 Å². The molecule has 1 N–H and O–H groups in total. The summed E-state index contributed by atoms with van der Waals surface area (Å²) in [5, 5.41) is 21.0. The second-order valence-corrected chi connectivity index (χ2v) is 9.74. The average molecular weight is 483 g/mol. The SMILES string of the molecule is N#Cc1c2c(cc3cc(-c4cccc(-c5ccccc5)c4Cl)oc13)[C@H](N1CC[C@@H](C(=O)O)C1)CC2. The zero-order valence-electron chi connectivity index (χ0n) is 19.0. The molecule has 0 amide bonds. The summed E-state index contributed by atoms with van der Waals surface area (Å²) >= 11 is 6.85. The number of nitriles is 1. The zero-order chi connectivity index (χ0) is 24.1. The van der Waals surface area contributed by atoms with E-state index in [9.17, 15) is 15.2 Å². The van der Waals surface area contributed by atoms with Crippen molar-refractivity contribution in [2.45, 2.75) is 25.3 Å². The Hall–Kier alpha value is -3.59. The van der Waals surface area contributed by atoms with Gasteiger partial charge in [-0.05, 0) is 60.7 Å². The van der Waals surface area contributed by atoms with Crippen LogP contribution in [0.2, 0.25) is 5.02 Å². The van der Waals surface area contributed by atoms with Crippen LogP contribution in [0.4, 0.5) is 0 Å². The second-order valence-electron chi connectivity index (χ2n) is 9.37. The Morgan fingerprint density at radius 3 is 2.63 bits per heavy atom. The number of carbonyl (C=O) groups is 1. The Bertz CT molecular complexity index is 1500. The van der Waals surface area contributed by atoms with E-state index < -0.39 is 5.97 Å². The third-order valence-corrected chi connectivity index (χ3v) is 7.85. The first-order valence-corrected chi connectivity index (χ1v) is 12.2. The number of halogens is 1. The van der Waals surface area contributed by atoms with Crippen LogP contribution in [0.25, 0.3) is 33.4 Å². The van der Waals surface area contributed by atoms with Crippen LogP contribution in [0.3, 0.4) is 0 Å². The molecule has 1 fully saturated rings. The maximum atomic E-state index is 11.5. The Labute approximate surface area is 208 Å². The van der Waals surface area contributed by atoms with Crippen molar-refractivity contribution in [1.29, 1.82) is 5.26 Å². The number of furan rings is 1. The molecule has 2 atom stereocenters. The van der Waals surface area contributed by atoms with Crippen molar-refractivity contribution in [3.8, 4) is 28.5 Å². The van der Waals surface area contributed by atoms with Gasteiger partial charge < -0.3 is 9.52 Å². The number of fused-ring (bicyclic) bond motifs is 2. The molecule has 174 valence electrons. The average Bonchev–Trinajstić information content (AvgIpc) is 3.61. The normalized spacial score (nSPS) is 19.7. The van der Waals surface area contributed by atoms with Gasteiger partial charge in [0.05, 0.1) is 16.5 Å². The third-order valence-electron chi connectivity index (χ3n) is 7.45. The molecule has 1 saturated heterocycles. The van der Waals surface area contributed by atoms with Crippen LogP contribution in [0.5, 0.6) is 0 Å². The standard InChI is InChI=1S/C29H23ClN2O3/c30-27-20(17-5-2-1-3-6-17)7-4-8-22(27)26-14-19-13-23-21(24(15-31)28(19)35-26)9-10-25(23)32-12-11-18(16-32)29(33)34/h1-8,13-14,18,25H,9-12,16H2,(H,33,34)/t18-,25-/m1/s1. The number of hydrogen-bond donors (Lipinski definition) is 1. The number of carboxylic acid groups (broad SMARTS) is 1. The molecule has 1 aliphatic carbocycles. The summed E-state index contributed by atoms with van der Waals surface area (Å²) in [5.41, 5.74) is 6.05. The van der Waals surface area contributed by atoms with Gasteiger partial charge in [-0.2, -0.15) is 5.26 Å². The smallest absolute Gasteiger partial charge is 0.307 e. The first-order valence-electron chi connectivity index (χ1n) is 11.9. The van der Waals surface area contributed by atoms with Crippen molar-refractivity contribution in [3.63, 3.8) is 0 Å². The van der Waals surface area contributed by atoms with Gasteiger partial charge in [0.2, 0.25) is 0 Å². The van der Waals surface area contributed by atoms with Gasteiger partial charge in [-0.15, -0.1) is 0 Å². The molecule has 1 aromatic heterocycles. The molecule has 1 aliphatic heterocycles. The van der Waals surface area contributed by atoms with Gasteiger partial charge in [0, 0.05) is 29.1 Å². The van der Waals surface area contributed by atoms with Crippen LogP contribution < -0.4 is 0 Å². The van der Waals surface area contributed by atoms with Crippen LogP contribution in [-0.4, -0.2) is 29.1 Å². The number of carboxylic acids is 1. The molecule has 2 heterocycles. The molecular weight excluding hydrogens is 460 g/mol. The van der Waals surface area contributed by atoms with Crippen LogP contribution in [0.15, 0.2) is 65.1 Å². The van der Waals surface area contributed by atoms with Crippen molar-refractivity contribution in [2.24, 2.45) is 5.92 Å². The van der Waals surface area contributed by atoms with E-state index in [4.69, 9.17) is 16.0 Å². The van der Waals surface area contributed by atoms with E-state index in [-0.39, 0.29) is 12.0 Å². The molecule has 4 aromatic rings. The van der Waals surface area contributed by atoms with E-state index in [0.29, 0.717) is 34.9 Å². The fraction of sp³-hybridized carbons (Fsp3) is 0.241. The summed E-state index contributed by atoms with van der Waals surface area (Å²) in [4.78, 5) is 13.7. The van der Waals surface area contributed by atoms with E-state index in [1.807, 2.05) is 54.6 Å². The monoisotopic (exact) mass is 482 g/mol. The molecule has 2 aliphatic rings. The largest absolute Gasteiger partial charge is 0.481 e. The Morgan fingerprint density at radius 2 is 1.89 bits per heavy atom. The fourth-order valence-electron chi connectivity index (χ4n) is 5.71. The second kappa shape index (κ2) is 8.57. The van der Waals surface area contributed by atoms with Crippen molar-refractivity contribution in [2.75, 3.05) is 13.1 Å². The van der Waals surface area contributed by atoms with E-state index in [2.05, 4.69) is 17.0 Å². The highest BCUT2D eigenvalue weighted by Crippen LogP contribution is 2.45. The maximum Gasteiger partial charge on any atom is 0.307 e. The highest BCUT2D eigenvalue weighted by molar-refractivity contribution is 6.36. The summed E-state index contributed by atoms with van der Waals surface area (Å²) < 4.78 is 6.28. The van der Waals surface area contributed by atoms with Gasteiger partial charge in [0.1, 0.15) is 11.8 Å². The van der Waals surface area contributed by atoms with Gasteiger partial charge in [-0.25, -0.2) is 0 Å². The van der Waals surface area contributed by atoms with Gasteiger partial charge in [-0.3, -0.25) is 9.69 Å². The minimum Gasteiger partial charge on any atom is -0.481 e. The van der Waals surface area contributed by atoms with Gasteiger partial charge in [-0.1, -0.05) is 54.1 Å². The van der Waals surface area contributed by atoms with Crippen molar-refractivity contribution >= 4 is 28.5 Å². The molecule has 0 saturated carbocycles. The van der Waals surface area contributed by atoms with E-state index >= 15 is 0 Å². The van der Waals surface area contributed by atoms with Crippen LogP contribution in [0, 0.1) is 17.2 Å². The van der Waals surface area contributed by atoms with Crippen molar-refractivity contribution in [1.82, 2.24) is 4.90 Å². The minimum atomic E-state index is -0.729. The molecule has 35 heavy (non-hydrogen) atoms. The van der Waals surface area contributed by atoms with E-state index in [0.717, 1.165) is 52.6 Å². The van der Waals surface area contributed by atoms with E-state index in [1.165, 1.54) is 0 Å². The first-order chi connectivity index (χ1) is 17.0. The lowest BCUT2D eigenvalue weighted by atomic mass is 9.99. The zero-order valence-corrected chi connectivity index (χ0v) is 19.8. The molecule has 6 rings (SSSR count). The minimum absolute atomic E-state index is 0.134. The Balaban J connectivity index is 1.43. The van der Waals surface area contributed by atoms with Crippen LogP contribution in [-0.2, 0) is 11.2 Å². The quantitative estimate of drug-likeness (QED) is 0.351. The topological polar surface area (TPSA) is 77.5 Å². The number of rotatable bonds is 4. The Kier molecular flexibility index (Phi) is 5.36. The summed E-state index contributed by atoms with van der Waals surface area (Å²) in [7, 11) is 0. The fourth-order valence-corrected chi connectivity index (χ4v) is 6.04. The molecule has 0 unspecified atom stereocenters. The number of aliphatic carboxylic acids is 1. The Morgan fingerprint density at radius 1 is 1.09 bits per heavy atom. The van der Waals surface area contributed by atoms with Gasteiger partial charge >= 0.3 is 5.97 Å². The number of nitrogens with zero attached hydrogens (tertiary/aromatic N) is 2. The third kappa shape index (κ3) is 3.61. The van der Waals surface area contributed by atoms with Crippen LogP contribution >= 0.6 is 11.6 Å². The van der Waals surface area contributed by atoms with Crippen molar-refractivity contribution < 1.29 is 14.3 Å². The summed E-state index contributed by atoms with van der Waals surface area (Å²) in [5.74, 6) is -0.419. The highest BCUT2D eigenvalue weighted by atomic mass is 35.5. The predicted octanol–water partition coefficient (Wildman–Crippen LogP) is 6.69. The van der Waals surface area contributed by atoms with Crippen molar-refractivity contribution in [3.05, 3.63) is 82.4 Å². The lowest BCUT2D eigenvalue weighted by Crippen LogP contribution is -2.26. The summed E-state index contributed by atoms with van der Waals surface area (Å²) in [6, 6.07) is 22.5. The summed E-state index contributed by atoms with van der Waals surface area (Å²) in [6.45, 7) is 1.32. The summed E-state index contributed by atoms with van der Waals surface area (Å²) in [6.07, 6.45) is 2.34. The van der Waals surface area contributed by atoms with Gasteiger partial charge in [0.15, 0.2) is 5.58 Å². The molecule has 0 bridgehead atoms. The van der Waals surface area contributed by atoms with Crippen LogP contribution in [0.1, 0.15) is 35.6 Å². The molecule has 3 aromatic carbocycles. The number of hydrogen-bond acceptors (Lipinski definition) is 4. The maximum absolute atomic E-state index is 11.5. The highest BCUT2D eigenvalue weighted by Gasteiger charge is 2.37. The molecular formula is C29H23ClN2O3. The number of benzene rings is 3. The predicted molar refractivity (Wildman–Crippen MR) is 135 cm³/mol. The number of likely N-dealkylation sites (tertiary alicyclic amines) is 1. The lowest BCUT2D eigenvalue weighted by Gasteiger charge is -2.24. The molecule has 0 spiro atoms. The van der Waals surface area contributed by atoms with Gasteiger partial charge in [0.25, 0.3) is 0 Å². The molecule has 6 heteroatoms. The lowest BCUT2D eigenvalue weighted by molar-refractivity contribution is -0.141. The first kappa shape index (κ1) is 21.9.